The third kappa shape index (κ3) is 5.01. The molecule has 0 amide bonds. The Morgan fingerprint density at radius 3 is 2.74 bits per heavy atom. The molecule has 0 radical (unpaired) electrons. The Bertz CT molecular complexity index is 1120. The first-order valence-corrected chi connectivity index (χ1v) is 9.96. The number of nitrogens with zero attached hydrogens (tertiary/aromatic N) is 3. The van der Waals surface area contributed by atoms with E-state index in [0.717, 1.165) is 5.56 Å². The largest absolute Gasteiger partial charge is 0.500 e. The van der Waals surface area contributed by atoms with Crippen LogP contribution >= 0.6 is 11.3 Å². The molecule has 0 aliphatic carbocycles. The van der Waals surface area contributed by atoms with Gasteiger partial charge in [0.15, 0.2) is 5.75 Å². The van der Waals surface area contributed by atoms with Gasteiger partial charge >= 0.3 is 5.69 Å². The van der Waals surface area contributed by atoms with Crippen LogP contribution in [0.2, 0.25) is 0 Å². The summed E-state index contributed by atoms with van der Waals surface area (Å²) in [6.07, 6.45) is 1.38. The number of nitro groups is 1. The molecule has 0 aliphatic heterocycles. The molecule has 0 saturated heterocycles. The Hall–Kier alpha value is -3.86. The van der Waals surface area contributed by atoms with E-state index in [1.807, 2.05) is 17.5 Å². The summed E-state index contributed by atoms with van der Waals surface area (Å²) in [5, 5.41) is 27.6. The Balaban J connectivity index is 1.79. The van der Waals surface area contributed by atoms with Crippen molar-refractivity contribution in [1.82, 2.24) is 4.98 Å². The van der Waals surface area contributed by atoms with Crippen LogP contribution < -0.4 is 19.6 Å². The van der Waals surface area contributed by atoms with Gasteiger partial charge < -0.3 is 19.3 Å². The molecule has 2 aromatic carbocycles. The predicted molar refractivity (Wildman–Crippen MR) is 118 cm³/mol. The predicted octanol–water partition coefficient (Wildman–Crippen LogP) is 4.29. The fourth-order valence-electron chi connectivity index (χ4n) is 2.71. The smallest absolute Gasteiger partial charge is 0.315 e. The minimum Gasteiger partial charge on any atom is -0.500 e. The summed E-state index contributed by atoms with van der Waals surface area (Å²) in [6, 6.07) is 8.11. The molecule has 0 unspecified atom stereocenters. The summed E-state index contributed by atoms with van der Waals surface area (Å²) in [4.78, 5) is 15.0. The van der Waals surface area contributed by atoms with E-state index in [0.29, 0.717) is 27.9 Å². The lowest BCUT2D eigenvalue weighted by molar-refractivity contribution is -0.386. The summed E-state index contributed by atoms with van der Waals surface area (Å²) in [7, 11) is 3.15. The highest BCUT2D eigenvalue weighted by Crippen LogP contribution is 2.37. The molecule has 0 spiro atoms. The average molecular weight is 444 g/mol. The zero-order chi connectivity index (χ0) is 22.4. The fraction of sp³-hybridized carbons (Fsp3) is 0.200. The summed E-state index contributed by atoms with van der Waals surface area (Å²) in [6.45, 7) is 1.96. The zero-order valence-corrected chi connectivity index (χ0v) is 17.8. The van der Waals surface area contributed by atoms with Gasteiger partial charge in [-0.2, -0.15) is 5.10 Å². The second kappa shape index (κ2) is 9.76. The van der Waals surface area contributed by atoms with Crippen LogP contribution in [-0.2, 0) is 0 Å². The second-order valence-corrected chi connectivity index (χ2v) is 6.91. The number of methoxy groups -OCH3 is 2. The Morgan fingerprint density at radius 2 is 2.06 bits per heavy atom. The Labute approximate surface area is 181 Å². The van der Waals surface area contributed by atoms with Crippen molar-refractivity contribution in [3.63, 3.8) is 0 Å². The topological polar surface area (TPSA) is 128 Å². The molecule has 1 aromatic heterocycles. The molecule has 2 N–H and O–H groups in total. The van der Waals surface area contributed by atoms with Crippen molar-refractivity contribution in [3.05, 3.63) is 51.4 Å². The number of hydrazone groups is 1. The van der Waals surface area contributed by atoms with Crippen LogP contribution in [0.15, 0.2) is 40.8 Å². The van der Waals surface area contributed by atoms with E-state index < -0.39 is 16.4 Å². The van der Waals surface area contributed by atoms with Gasteiger partial charge in [0, 0.05) is 28.6 Å². The number of nitrogens with one attached hydrogen (secondary N) is 1. The number of anilines is 1. The third-order valence-corrected chi connectivity index (χ3v) is 4.88. The monoisotopic (exact) mass is 444 g/mol. The van der Waals surface area contributed by atoms with E-state index in [4.69, 9.17) is 14.2 Å². The van der Waals surface area contributed by atoms with Crippen LogP contribution in [0.25, 0.3) is 11.3 Å². The molecule has 3 rings (SSSR count). The van der Waals surface area contributed by atoms with Crippen molar-refractivity contribution in [1.29, 1.82) is 0 Å². The highest BCUT2D eigenvalue weighted by molar-refractivity contribution is 7.14. The summed E-state index contributed by atoms with van der Waals surface area (Å²) >= 11 is 1.33. The van der Waals surface area contributed by atoms with Crippen molar-refractivity contribution in [2.24, 2.45) is 5.10 Å². The van der Waals surface area contributed by atoms with E-state index in [2.05, 4.69) is 15.5 Å². The number of phenolic OH excluding ortho intramolecular Hbond substituents is 1. The van der Waals surface area contributed by atoms with Crippen LogP contribution in [0.5, 0.6) is 23.0 Å². The number of hydrogen-bond acceptors (Lipinski definition) is 10. The lowest BCUT2D eigenvalue weighted by Crippen LogP contribution is -1.98. The van der Waals surface area contributed by atoms with E-state index in [9.17, 15) is 15.2 Å². The van der Waals surface area contributed by atoms with Crippen molar-refractivity contribution in [2.45, 2.75) is 6.92 Å². The number of nitro benzene ring substituents is 1. The van der Waals surface area contributed by atoms with Crippen LogP contribution in [0.1, 0.15) is 12.5 Å². The first kappa shape index (κ1) is 21.8. The number of aromatic hydroxyl groups is 1. The molecular formula is C20H20N4O6S. The molecule has 11 heteroatoms. The van der Waals surface area contributed by atoms with Crippen LogP contribution in [0, 0.1) is 10.1 Å². The first-order chi connectivity index (χ1) is 15.0. The molecule has 162 valence electrons. The van der Waals surface area contributed by atoms with E-state index in [1.165, 1.54) is 29.7 Å². The van der Waals surface area contributed by atoms with Crippen molar-refractivity contribution < 1.29 is 24.2 Å². The molecule has 0 fully saturated rings. The molecule has 31 heavy (non-hydrogen) atoms. The van der Waals surface area contributed by atoms with Gasteiger partial charge in [-0.3, -0.25) is 15.5 Å². The number of aromatic nitrogens is 1. The average Bonchev–Trinajstić information content (AvgIpc) is 3.23. The number of rotatable bonds is 9. The number of hydrogen-bond donors (Lipinski definition) is 2. The normalized spacial score (nSPS) is 10.8. The van der Waals surface area contributed by atoms with Gasteiger partial charge in [-0.05, 0) is 25.1 Å². The molecule has 0 atom stereocenters. The number of thiazole rings is 1. The van der Waals surface area contributed by atoms with Gasteiger partial charge in [-0.25, -0.2) is 4.98 Å². The molecule has 0 bridgehead atoms. The van der Waals surface area contributed by atoms with Gasteiger partial charge in [0.05, 0.1) is 37.7 Å². The number of ether oxygens (including phenoxy) is 3. The molecule has 0 saturated carbocycles. The van der Waals surface area contributed by atoms with E-state index in [1.54, 1.807) is 27.2 Å². The number of benzene rings is 2. The van der Waals surface area contributed by atoms with Gasteiger partial charge in [-0.1, -0.05) is 0 Å². The maximum Gasteiger partial charge on any atom is 0.315 e. The maximum absolute atomic E-state index is 11.2. The van der Waals surface area contributed by atoms with Crippen molar-refractivity contribution >= 4 is 28.4 Å². The highest BCUT2D eigenvalue weighted by atomic mass is 32.1. The van der Waals surface area contributed by atoms with Gasteiger partial charge in [0.1, 0.15) is 11.5 Å². The lowest BCUT2D eigenvalue weighted by Gasteiger charge is -2.08. The standard InChI is InChI=1S/C20H20N4O6S/c1-4-30-18-8-12(7-16(19(18)25)24(26)27)10-21-23-20-22-15(11-31-20)14-6-5-13(28-2)9-17(14)29-3/h5-11,25H,4H2,1-3H3,(H,22,23)/b21-10-. The molecular weight excluding hydrogens is 424 g/mol. The Kier molecular flexibility index (Phi) is 6.88. The lowest BCUT2D eigenvalue weighted by atomic mass is 10.1. The quantitative estimate of drug-likeness (QED) is 0.284. The minimum atomic E-state index is -0.683. The summed E-state index contributed by atoms with van der Waals surface area (Å²) in [5.41, 5.74) is 4.21. The number of phenols is 1. The van der Waals surface area contributed by atoms with Crippen molar-refractivity contribution in [2.75, 3.05) is 26.3 Å². The fourth-order valence-corrected chi connectivity index (χ4v) is 3.37. The van der Waals surface area contributed by atoms with Gasteiger partial charge in [0.25, 0.3) is 0 Å². The molecule has 1 heterocycles. The van der Waals surface area contributed by atoms with Crippen LogP contribution in [0.4, 0.5) is 10.8 Å². The Morgan fingerprint density at radius 1 is 1.26 bits per heavy atom. The molecule has 0 aliphatic rings. The van der Waals surface area contributed by atoms with Crippen LogP contribution in [0.3, 0.4) is 0 Å². The van der Waals surface area contributed by atoms with Crippen molar-refractivity contribution in [3.8, 4) is 34.3 Å². The highest BCUT2D eigenvalue weighted by Gasteiger charge is 2.19. The van der Waals surface area contributed by atoms with E-state index in [-0.39, 0.29) is 12.4 Å². The molecule has 3 aromatic rings. The third-order valence-electron chi connectivity index (χ3n) is 4.14. The van der Waals surface area contributed by atoms with Gasteiger partial charge in [-0.15, -0.1) is 11.3 Å². The summed E-state index contributed by atoms with van der Waals surface area (Å²) < 4.78 is 15.9. The SMILES string of the molecule is CCOc1cc(/C=N\Nc2nc(-c3ccc(OC)cc3OC)cs2)cc([N+](=O)[O-])c1O. The first-order valence-electron chi connectivity index (χ1n) is 9.08. The maximum atomic E-state index is 11.2. The zero-order valence-electron chi connectivity index (χ0n) is 17.0. The van der Waals surface area contributed by atoms with Crippen LogP contribution in [-0.4, -0.2) is 42.1 Å². The minimum absolute atomic E-state index is 0.0151. The summed E-state index contributed by atoms with van der Waals surface area (Å²) in [5.74, 6) is 0.795. The molecule has 10 nitrogen and oxygen atoms in total. The van der Waals surface area contributed by atoms with E-state index >= 15 is 0 Å². The second-order valence-electron chi connectivity index (χ2n) is 6.05. The van der Waals surface area contributed by atoms with Gasteiger partial charge in [0.2, 0.25) is 10.9 Å².